The molecule has 0 aliphatic heterocycles. The van der Waals surface area contributed by atoms with Gasteiger partial charge < -0.3 is 12.9 Å². The van der Waals surface area contributed by atoms with Crippen LogP contribution in [0.4, 0.5) is 0 Å². The fourth-order valence-electron chi connectivity index (χ4n) is 1.90. The quantitative estimate of drug-likeness (QED) is 0.688. The van der Waals surface area contributed by atoms with Gasteiger partial charge in [0.25, 0.3) is 0 Å². The summed E-state index contributed by atoms with van der Waals surface area (Å²) in [5.74, 6) is -0.340. The van der Waals surface area contributed by atoms with Gasteiger partial charge in [-0.2, -0.15) is 0 Å². The summed E-state index contributed by atoms with van der Waals surface area (Å²) in [6, 6.07) is 15.2. The van der Waals surface area contributed by atoms with Crippen molar-refractivity contribution in [1.29, 1.82) is 0 Å². The molecule has 0 fully saturated rings. The SMILES string of the molecule is CCC(=O)Op1oc2ccccc2c2ccccc2o1. The lowest BCUT2D eigenvalue weighted by molar-refractivity contribution is -0.131. The molecule has 0 radical (unpaired) electrons. The standard InChI is InChI=1S/C15H13O4P/c1-2-15(16)19-20-17-13-9-5-3-7-11(13)12-8-4-6-10-14(12)18-20/h3-10H,2H2,1H3. The Labute approximate surface area is 116 Å². The largest absolute Gasteiger partial charge is 0.455 e. The highest BCUT2D eigenvalue weighted by Gasteiger charge is 2.09. The Hall–Kier alpha value is -2.19. The molecule has 0 atom stereocenters. The average Bonchev–Trinajstić information content (AvgIpc) is 2.63. The lowest BCUT2D eigenvalue weighted by Gasteiger charge is -1.96. The third kappa shape index (κ3) is 2.43. The summed E-state index contributed by atoms with van der Waals surface area (Å²) in [6.45, 7) is 1.73. The number of para-hydroxylation sites is 2. The van der Waals surface area contributed by atoms with Gasteiger partial charge in [-0.1, -0.05) is 43.3 Å². The van der Waals surface area contributed by atoms with Crippen LogP contribution in [0.25, 0.3) is 21.9 Å². The molecule has 0 aliphatic rings. The summed E-state index contributed by atoms with van der Waals surface area (Å²) in [5, 5.41) is 1.86. The first-order chi connectivity index (χ1) is 9.78. The summed E-state index contributed by atoms with van der Waals surface area (Å²) in [5.41, 5.74) is 1.32. The number of rotatable bonds is 2. The molecular formula is C15H13O4P. The Morgan fingerprint density at radius 2 is 1.50 bits per heavy atom. The lowest BCUT2D eigenvalue weighted by Crippen LogP contribution is -2.02. The van der Waals surface area contributed by atoms with Crippen molar-refractivity contribution < 1.29 is 17.7 Å². The van der Waals surface area contributed by atoms with Gasteiger partial charge >= 0.3 is 14.2 Å². The third-order valence-corrected chi connectivity index (χ3v) is 3.92. The van der Waals surface area contributed by atoms with E-state index in [0.717, 1.165) is 10.8 Å². The Kier molecular flexibility index (Phi) is 3.48. The van der Waals surface area contributed by atoms with Gasteiger partial charge in [-0.3, -0.25) is 4.79 Å². The van der Waals surface area contributed by atoms with Crippen LogP contribution in [0.3, 0.4) is 0 Å². The number of carbonyl (C=O) groups excluding carboxylic acids is 1. The van der Waals surface area contributed by atoms with Crippen LogP contribution in [0.2, 0.25) is 0 Å². The molecule has 0 amide bonds. The Balaban J connectivity index is 2.34. The molecule has 0 aliphatic carbocycles. The number of hydrogen-bond acceptors (Lipinski definition) is 4. The molecule has 2 aromatic carbocycles. The van der Waals surface area contributed by atoms with Crippen LogP contribution < -0.4 is 4.52 Å². The molecule has 0 spiro atoms. The van der Waals surface area contributed by atoms with E-state index in [-0.39, 0.29) is 12.4 Å². The first-order valence-electron chi connectivity index (χ1n) is 6.33. The lowest BCUT2D eigenvalue weighted by atomic mass is 10.1. The van der Waals surface area contributed by atoms with Crippen LogP contribution in [0.5, 0.6) is 0 Å². The summed E-state index contributed by atoms with van der Waals surface area (Å²) < 4.78 is 16.6. The molecule has 0 unspecified atom stereocenters. The predicted molar refractivity (Wildman–Crippen MR) is 78.2 cm³/mol. The normalized spacial score (nSPS) is 10.7. The van der Waals surface area contributed by atoms with E-state index >= 15 is 0 Å². The second-order valence-electron chi connectivity index (χ2n) is 4.22. The first-order valence-corrected chi connectivity index (χ1v) is 7.43. The Morgan fingerprint density at radius 1 is 1.00 bits per heavy atom. The number of hydrogen-bond donors (Lipinski definition) is 0. The van der Waals surface area contributed by atoms with Gasteiger partial charge in [0.1, 0.15) is 11.2 Å². The first kappa shape index (κ1) is 12.8. The smallest absolute Gasteiger partial charge is 0.390 e. The fourth-order valence-corrected chi connectivity index (χ4v) is 2.95. The van der Waals surface area contributed by atoms with Crippen molar-refractivity contribution in [1.82, 2.24) is 0 Å². The molecule has 0 N–H and O–H groups in total. The molecule has 5 heteroatoms. The highest BCUT2D eigenvalue weighted by molar-refractivity contribution is 7.32. The second-order valence-corrected chi connectivity index (χ2v) is 5.21. The molecule has 1 heterocycles. The summed E-state index contributed by atoms with van der Waals surface area (Å²) in [4.78, 5) is 11.5. The van der Waals surface area contributed by atoms with Crippen LogP contribution >= 0.6 is 8.24 Å². The van der Waals surface area contributed by atoms with E-state index in [2.05, 4.69) is 0 Å². The van der Waals surface area contributed by atoms with Crippen molar-refractivity contribution in [2.45, 2.75) is 13.3 Å². The number of carbonyl (C=O) groups is 1. The molecule has 102 valence electrons. The van der Waals surface area contributed by atoms with Gasteiger partial charge in [-0.15, -0.1) is 0 Å². The van der Waals surface area contributed by atoms with Crippen LogP contribution in [0.15, 0.2) is 56.9 Å². The van der Waals surface area contributed by atoms with E-state index in [9.17, 15) is 4.79 Å². The van der Waals surface area contributed by atoms with Crippen molar-refractivity contribution in [2.75, 3.05) is 0 Å². The fraction of sp³-hybridized carbons (Fsp3) is 0.133. The Bertz CT molecular complexity index is 749. The van der Waals surface area contributed by atoms with Crippen LogP contribution in [-0.2, 0) is 4.79 Å². The van der Waals surface area contributed by atoms with Gasteiger partial charge in [-0.05, 0) is 12.1 Å². The maximum absolute atomic E-state index is 11.5. The third-order valence-electron chi connectivity index (χ3n) is 2.88. The molecule has 1 aromatic heterocycles. The highest BCUT2D eigenvalue weighted by atomic mass is 31.1. The van der Waals surface area contributed by atoms with Crippen molar-refractivity contribution in [3.8, 4) is 0 Å². The summed E-state index contributed by atoms with van der Waals surface area (Å²) in [7, 11) is -1.77. The van der Waals surface area contributed by atoms with E-state index < -0.39 is 8.24 Å². The van der Waals surface area contributed by atoms with Gasteiger partial charge in [-0.25, -0.2) is 0 Å². The molecule has 3 rings (SSSR count). The molecule has 20 heavy (non-hydrogen) atoms. The Morgan fingerprint density at radius 3 is 2.00 bits per heavy atom. The van der Waals surface area contributed by atoms with Crippen molar-refractivity contribution >= 4 is 36.1 Å². The molecule has 0 saturated heterocycles. The average molecular weight is 288 g/mol. The maximum atomic E-state index is 11.5. The minimum absolute atomic E-state index is 0.287. The van der Waals surface area contributed by atoms with Gasteiger partial charge in [0.15, 0.2) is 0 Å². The van der Waals surface area contributed by atoms with Crippen molar-refractivity contribution in [3.05, 3.63) is 48.5 Å². The van der Waals surface area contributed by atoms with E-state index in [0.29, 0.717) is 11.2 Å². The topological polar surface area (TPSA) is 52.6 Å². The zero-order valence-corrected chi connectivity index (χ0v) is 11.8. The molecule has 0 bridgehead atoms. The van der Waals surface area contributed by atoms with Gasteiger partial charge in [0, 0.05) is 17.2 Å². The van der Waals surface area contributed by atoms with E-state index in [1.54, 1.807) is 6.92 Å². The highest BCUT2D eigenvalue weighted by Crippen LogP contribution is 2.33. The molecule has 3 aromatic rings. The molecule has 4 nitrogen and oxygen atoms in total. The molecule has 0 saturated carbocycles. The van der Waals surface area contributed by atoms with Crippen LogP contribution in [0, 0.1) is 0 Å². The minimum Gasteiger partial charge on any atom is -0.390 e. The van der Waals surface area contributed by atoms with Gasteiger partial charge in [0.2, 0.25) is 0 Å². The number of benzene rings is 2. The zero-order chi connectivity index (χ0) is 13.9. The predicted octanol–water partition coefficient (Wildman–Crippen LogP) is 4.66. The van der Waals surface area contributed by atoms with Crippen LogP contribution in [-0.4, -0.2) is 5.97 Å². The van der Waals surface area contributed by atoms with E-state index in [1.165, 1.54) is 0 Å². The zero-order valence-electron chi connectivity index (χ0n) is 10.9. The molecular weight excluding hydrogens is 275 g/mol. The van der Waals surface area contributed by atoms with Crippen molar-refractivity contribution in [2.24, 2.45) is 0 Å². The van der Waals surface area contributed by atoms with Crippen molar-refractivity contribution in [3.63, 3.8) is 0 Å². The number of fused-ring (bicyclic) bond motifs is 3. The maximum Gasteiger partial charge on any atom is 0.455 e. The summed E-state index contributed by atoms with van der Waals surface area (Å²) >= 11 is 0. The van der Waals surface area contributed by atoms with Gasteiger partial charge in [0.05, 0.1) is 0 Å². The second kappa shape index (κ2) is 5.43. The van der Waals surface area contributed by atoms with Crippen LogP contribution in [0.1, 0.15) is 13.3 Å². The minimum atomic E-state index is -1.77. The van der Waals surface area contributed by atoms with E-state index in [4.69, 9.17) is 12.9 Å². The monoisotopic (exact) mass is 288 g/mol. The summed E-state index contributed by atoms with van der Waals surface area (Å²) in [6.07, 6.45) is 0.287. The van der Waals surface area contributed by atoms with E-state index in [1.807, 2.05) is 48.5 Å².